The van der Waals surface area contributed by atoms with Crippen LogP contribution < -0.4 is 10.6 Å². The molecule has 0 aromatic heterocycles. The smallest absolute Gasteiger partial charge is 0.253 e. The molecule has 2 N–H and O–H groups in total. The summed E-state index contributed by atoms with van der Waals surface area (Å²) in [5, 5.41) is 5.63. The first-order valence-corrected chi connectivity index (χ1v) is 9.75. The van der Waals surface area contributed by atoms with Gasteiger partial charge in [0.15, 0.2) is 0 Å². The third kappa shape index (κ3) is 4.34. The van der Waals surface area contributed by atoms with E-state index in [0.717, 1.165) is 30.2 Å². The number of carbonyl (C=O) groups is 3. The summed E-state index contributed by atoms with van der Waals surface area (Å²) >= 11 is 1.87. The van der Waals surface area contributed by atoms with Crippen LogP contribution in [-0.4, -0.2) is 53.8 Å². The Balaban J connectivity index is 1.66. The Kier molecular flexibility index (Phi) is 5.63. The molecule has 3 amide bonds. The maximum Gasteiger partial charge on any atom is 0.253 e. The van der Waals surface area contributed by atoms with Crippen molar-refractivity contribution in [3.8, 4) is 0 Å². The summed E-state index contributed by atoms with van der Waals surface area (Å²) in [6, 6.07) is 5.37. The lowest BCUT2D eigenvalue weighted by Gasteiger charge is -2.26. The van der Waals surface area contributed by atoms with Gasteiger partial charge in [0.1, 0.15) is 0 Å². The van der Waals surface area contributed by atoms with Gasteiger partial charge in [0, 0.05) is 54.7 Å². The van der Waals surface area contributed by atoms with Crippen LogP contribution in [0.15, 0.2) is 18.2 Å². The largest absolute Gasteiger partial charge is 0.356 e. The highest BCUT2D eigenvalue weighted by molar-refractivity contribution is 7.99. The maximum atomic E-state index is 12.6. The van der Waals surface area contributed by atoms with Gasteiger partial charge in [-0.25, -0.2) is 0 Å². The molecule has 0 radical (unpaired) electrons. The minimum absolute atomic E-state index is 0.0465. The molecule has 1 atom stereocenters. The Morgan fingerprint density at radius 1 is 1.28 bits per heavy atom. The van der Waals surface area contributed by atoms with Crippen LogP contribution in [0, 0.1) is 12.8 Å². The number of thioether (sulfide) groups is 1. The molecule has 2 aliphatic heterocycles. The zero-order valence-electron chi connectivity index (χ0n) is 14.3. The molecule has 1 aromatic carbocycles. The maximum absolute atomic E-state index is 12.6. The third-order valence-corrected chi connectivity index (χ3v) is 5.59. The van der Waals surface area contributed by atoms with Gasteiger partial charge in [-0.15, -0.1) is 0 Å². The van der Waals surface area contributed by atoms with Crippen molar-refractivity contribution in [1.82, 2.24) is 10.2 Å². The highest BCUT2D eigenvalue weighted by atomic mass is 32.2. The van der Waals surface area contributed by atoms with Gasteiger partial charge in [0.25, 0.3) is 5.91 Å². The second kappa shape index (κ2) is 7.91. The molecule has 2 aliphatic rings. The van der Waals surface area contributed by atoms with Crippen molar-refractivity contribution < 1.29 is 14.4 Å². The van der Waals surface area contributed by atoms with Crippen molar-refractivity contribution in [2.24, 2.45) is 5.92 Å². The fourth-order valence-corrected chi connectivity index (χ4v) is 4.03. The topological polar surface area (TPSA) is 78.5 Å². The minimum atomic E-state index is -0.291. The number of hydrogen-bond acceptors (Lipinski definition) is 4. The Bertz CT molecular complexity index is 686. The molecule has 1 aromatic rings. The number of amides is 3. The summed E-state index contributed by atoms with van der Waals surface area (Å²) in [7, 11) is 0. The van der Waals surface area contributed by atoms with Crippen LogP contribution in [0.3, 0.4) is 0 Å². The van der Waals surface area contributed by atoms with Crippen molar-refractivity contribution in [2.45, 2.75) is 19.8 Å². The fourth-order valence-electron chi connectivity index (χ4n) is 3.13. The molecule has 2 saturated heterocycles. The van der Waals surface area contributed by atoms with E-state index in [4.69, 9.17) is 0 Å². The number of carbonyl (C=O) groups excluding carboxylic acids is 3. The molecule has 2 fully saturated rings. The second-order valence-electron chi connectivity index (χ2n) is 6.46. The lowest BCUT2D eigenvalue weighted by atomic mass is 9.96. The highest BCUT2D eigenvalue weighted by Crippen LogP contribution is 2.21. The van der Waals surface area contributed by atoms with Gasteiger partial charge in [-0.2, -0.15) is 11.8 Å². The van der Waals surface area contributed by atoms with E-state index in [0.29, 0.717) is 24.2 Å². The predicted octanol–water partition coefficient (Wildman–Crippen LogP) is 1.65. The third-order valence-electron chi connectivity index (χ3n) is 4.65. The Hall–Kier alpha value is -2.02. The van der Waals surface area contributed by atoms with Gasteiger partial charge >= 0.3 is 0 Å². The van der Waals surface area contributed by atoms with Crippen LogP contribution in [0.2, 0.25) is 0 Å². The molecule has 3 rings (SSSR count). The molecule has 25 heavy (non-hydrogen) atoms. The first-order valence-electron chi connectivity index (χ1n) is 8.60. The van der Waals surface area contributed by atoms with Gasteiger partial charge in [-0.05, 0) is 37.1 Å². The fraction of sp³-hybridized carbons (Fsp3) is 0.500. The molecular weight excluding hydrogens is 338 g/mol. The molecule has 0 spiro atoms. The molecule has 0 bridgehead atoms. The number of aryl methyl sites for hydroxylation is 1. The minimum Gasteiger partial charge on any atom is -0.356 e. The Morgan fingerprint density at radius 2 is 2.04 bits per heavy atom. The zero-order chi connectivity index (χ0) is 17.8. The van der Waals surface area contributed by atoms with Crippen molar-refractivity contribution in [3.63, 3.8) is 0 Å². The monoisotopic (exact) mass is 361 g/mol. The summed E-state index contributed by atoms with van der Waals surface area (Å²) in [6.45, 7) is 3.99. The van der Waals surface area contributed by atoms with E-state index < -0.39 is 0 Å². The van der Waals surface area contributed by atoms with Crippen LogP contribution in [0.4, 0.5) is 5.69 Å². The molecule has 6 nitrogen and oxygen atoms in total. The molecule has 1 unspecified atom stereocenters. The molecular formula is C18H23N3O3S. The van der Waals surface area contributed by atoms with Gasteiger partial charge in [0.05, 0.1) is 0 Å². The van der Waals surface area contributed by atoms with E-state index in [2.05, 4.69) is 10.6 Å². The molecule has 2 heterocycles. The number of rotatable bonds is 3. The molecule has 0 aliphatic carbocycles. The normalized spacial score (nSPS) is 20.8. The van der Waals surface area contributed by atoms with E-state index in [1.165, 1.54) is 0 Å². The van der Waals surface area contributed by atoms with Crippen LogP contribution in [-0.2, 0) is 9.59 Å². The summed E-state index contributed by atoms with van der Waals surface area (Å²) in [5.74, 6) is 1.50. The van der Waals surface area contributed by atoms with E-state index in [-0.39, 0.29) is 30.1 Å². The van der Waals surface area contributed by atoms with Crippen LogP contribution in [0.1, 0.15) is 28.8 Å². The summed E-state index contributed by atoms with van der Waals surface area (Å²) in [5.41, 5.74) is 2.20. The number of nitrogens with zero attached hydrogens (tertiary/aromatic N) is 1. The summed E-state index contributed by atoms with van der Waals surface area (Å²) in [4.78, 5) is 38.2. The standard InChI is InChI=1S/C18H23N3O3S/c1-12-10-14(18(24)21-6-8-25-9-7-21)2-3-15(12)20-17(23)13-4-5-19-16(22)11-13/h2-3,10,13H,4-9,11H2,1H3,(H,19,22)(H,20,23). The SMILES string of the molecule is Cc1cc(C(=O)N2CCSCC2)ccc1NC(=O)C1CCNC(=O)C1. The average Bonchev–Trinajstić information content (AvgIpc) is 2.63. The Morgan fingerprint density at radius 3 is 2.72 bits per heavy atom. The zero-order valence-corrected chi connectivity index (χ0v) is 15.2. The first-order chi connectivity index (χ1) is 12.0. The number of piperidine rings is 1. The van der Waals surface area contributed by atoms with Gasteiger partial charge < -0.3 is 15.5 Å². The quantitative estimate of drug-likeness (QED) is 0.858. The van der Waals surface area contributed by atoms with E-state index in [1.54, 1.807) is 12.1 Å². The van der Waals surface area contributed by atoms with Crippen LogP contribution in [0.5, 0.6) is 0 Å². The predicted molar refractivity (Wildman–Crippen MR) is 98.8 cm³/mol. The lowest BCUT2D eigenvalue weighted by molar-refractivity contribution is -0.129. The second-order valence-corrected chi connectivity index (χ2v) is 7.69. The van der Waals surface area contributed by atoms with Crippen molar-refractivity contribution in [1.29, 1.82) is 0 Å². The molecule has 0 saturated carbocycles. The van der Waals surface area contributed by atoms with Crippen molar-refractivity contribution in [3.05, 3.63) is 29.3 Å². The van der Waals surface area contributed by atoms with Crippen LogP contribution in [0.25, 0.3) is 0 Å². The van der Waals surface area contributed by atoms with Crippen LogP contribution >= 0.6 is 11.8 Å². The van der Waals surface area contributed by atoms with Gasteiger partial charge in [0.2, 0.25) is 11.8 Å². The summed E-state index contributed by atoms with van der Waals surface area (Å²) < 4.78 is 0. The number of nitrogens with one attached hydrogen (secondary N) is 2. The average molecular weight is 361 g/mol. The van der Waals surface area contributed by atoms with Crippen molar-refractivity contribution >= 4 is 35.2 Å². The lowest BCUT2D eigenvalue weighted by Crippen LogP contribution is -2.38. The molecule has 7 heteroatoms. The number of benzene rings is 1. The summed E-state index contributed by atoms with van der Waals surface area (Å²) in [6.07, 6.45) is 0.884. The number of anilines is 1. The molecule has 134 valence electrons. The number of hydrogen-bond donors (Lipinski definition) is 2. The van der Waals surface area contributed by atoms with Crippen molar-refractivity contribution in [2.75, 3.05) is 36.5 Å². The first kappa shape index (κ1) is 17.8. The highest BCUT2D eigenvalue weighted by Gasteiger charge is 2.26. The van der Waals surface area contributed by atoms with E-state index >= 15 is 0 Å². The van der Waals surface area contributed by atoms with E-state index in [9.17, 15) is 14.4 Å². The van der Waals surface area contributed by atoms with Gasteiger partial charge in [-0.1, -0.05) is 0 Å². The van der Waals surface area contributed by atoms with E-state index in [1.807, 2.05) is 29.7 Å². The van der Waals surface area contributed by atoms with Gasteiger partial charge in [-0.3, -0.25) is 14.4 Å². The Labute approximate surface area is 151 Å².